The van der Waals surface area contributed by atoms with E-state index in [2.05, 4.69) is 10.6 Å². The summed E-state index contributed by atoms with van der Waals surface area (Å²) in [5.41, 5.74) is -2.39. The number of hydrogen-bond donors (Lipinski definition) is 4. The zero-order valence-electron chi connectivity index (χ0n) is 12.8. The van der Waals surface area contributed by atoms with Crippen LogP contribution >= 0.6 is 0 Å². The molecule has 4 N–H and O–H groups in total. The van der Waals surface area contributed by atoms with E-state index in [1.165, 1.54) is 13.8 Å². The summed E-state index contributed by atoms with van der Waals surface area (Å²) < 4.78 is 0. The Balaban J connectivity index is 0.000000220. The highest BCUT2D eigenvalue weighted by atomic mass is 16.4. The molecule has 2 rings (SSSR count). The first kappa shape index (κ1) is 17.9. The van der Waals surface area contributed by atoms with E-state index < -0.39 is 22.8 Å². The van der Waals surface area contributed by atoms with Crippen LogP contribution in [0.4, 0.5) is 0 Å². The minimum Gasteiger partial charge on any atom is -0.480 e. The summed E-state index contributed by atoms with van der Waals surface area (Å²) in [6.45, 7) is 4.12. The quantitative estimate of drug-likeness (QED) is 0.529. The number of carboxylic acid groups (broad SMARTS) is 2. The molecule has 2 amide bonds. The number of piperidine rings is 2. The summed E-state index contributed by atoms with van der Waals surface area (Å²) >= 11 is 0. The molecule has 22 heavy (non-hydrogen) atoms. The Bertz CT molecular complexity index is 448. The Morgan fingerprint density at radius 2 is 1.18 bits per heavy atom. The summed E-state index contributed by atoms with van der Waals surface area (Å²) in [5.74, 6) is -2.79. The fourth-order valence-electron chi connectivity index (χ4n) is 2.31. The van der Waals surface area contributed by atoms with Crippen molar-refractivity contribution in [2.75, 3.05) is 13.1 Å². The molecular weight excluding hydrogens is 292 g/mol. The van der Waals surface area contributed by atoms with Crippen molar-refractivity contribution in [3.63, 3.8) is 0 Å². The van der Waals surface area contributed by atoms with Gasteiger partial charge in [0.1, 0.15) is 10.8 Å². The Hall–Kier alpha value is -2.12. The van der Waals surface area contributed by atoms with Crippen molar-refractivity contribution in [1.29, 1.82) is 0 Å². The zero-order chi connectivity index (χ0) is 17.0. The van der Waals surface area contributed by atoms with Crippen LogP contribution in [0.25, 0.3) is 0 Å². The molecule has 0 spiro atoms. The number of carboxylic acids is 2. The van der Waals surface area contributed by atoms with Gasteiger partial charge in [-0.3, -0.25) is 19.2 Å². The lowest BCUT2D eigenvalue weighted by Crippen LogP contribution is -2.48. The minimum absolute atomic E-state index is 0.365. The molecule has 2 aliphatic heterocycles. The van der Waals surface area contributed by atoms with E-state index >= 15 is 0 Å². The van der Waals surface area contributed by atoms with Crippen molar-refractivity contribution in [2.45, 2.75) is 39.5 Å². The van der Waals surface area contributed by atoms with Gasteiger partial charge in [-0.05, 0) is 39.5 Å². The van der Waals surface area contributed by atoms with Crippen LogP contribution in [0, 0.1) is 10.8 Å². The topological polar surface area (TPSA) is 133 Å². The number of rotatable bonds is 2. The highest BCUT2D eigenvalue weighted by Crippen LogP contribution is 2.27. The maximum atomic E-state index is 11.1. The Morgan fingerprint density at radius 3 is 1.36 bits per heavy atom. The molecule has 0 aliphatic carbocycles. The fourth-order valence-corrected chi connectivity index (χ4v) is 2.31. The van der Waals surface area contributed by atoms with Crippen LogP contribution in [0.3, 0.4) is 0 Å². The van der Waals surface area contributed by atoms with Crippen LogP contribution < -0.4 is 10.6 Å². The number of carbonyl (C=O) groups is 4. The van der Waals surface area contributed by atoms with Gasteiger partial charge < -0.3 is 20.8 Å². The summed E-state index contributed by atoms with van der Waals surface area (Å²) in [6, 6.07) is 0. The van der Waals surface area contributed by atoms with Crippen molar-refractivity contribution in [2.24, 2.45) is 10.8 Å². The molecular formula is C14H22N2O6. The molecule has 0 radical (unpaired) electrons. The second-order valence-electron chi connectivity index (χ2n) is 5.99. The highest BCUT2D eigenvalue weighted by molar-refractivity contribution is 6.02. The molecule has 2 heterocycles. The van der Waals surface area contributed by atoms with Crippen LogP contribution in [0.1, 0.15) is 39.5 Å². The molecule has 0 saturated carbocycles. The third-order valence-electron chi connectivity index (χ3n) is 4.22. The number of nitrogens with one attached hydrogen (secondary N) is 2. The van der Waals surface area contributed by atoms with E-state index in [0.29, 0.717) is 25.9 Å². The molecule has 0 aromatic carbocycles. The maximum Gasteiger partial charge on any atom is 0.318 e. The number of amides is 2. The molecule has 2 saturated heterocycles. The third kappa shape index (κ3) is 3.55. The average molecular weight is 314 g/mol. The predicted molar refractivity (Wildman–Crippen MR) is 76.0 cm³/mol. The molecule has 2 atom stereocenters. The second-order valence-corrected chi connectivity index (χ2v) is 5.99. The van der Waals surface area contributed by atoms with Gasteiger partial charge >= 0.3 is 11.9 Å². The molecule has 0 aromatic rings. The van der Waals surface area contributed by atoms with Crippen molar-refractivity contribution in [1.82, 2.24) is 10.6 Å². The Morgan fingerprint density at radius 1 is 0.864 bits per heavy atom. The van der Waals surface area contributed by atoms with E-state index in [-0.39, 0.29) is 11.8 Å². The standard InChI is InChI=1S/2C7H11NO3/c2*1-7(6(10)11)3-2-4-8-5(7)9/h2*2-4H2,1H3,(H,8,9)(H,10,11)/t2*7-/m10/s1. The van der Waals surface area contributed by atoms with E-state index in [1.54, 1.807) is 0 Å². The van der Waals surface area contributed by atoms with Crippen LogP contribution in [0.15, 0.2) is 0 Å². The lowest BCUT2D eigenvalue weighted by atomic mass is 9.82. The monoisotopic (exact) mass is 314 g/mol. The van der Waals surface area contributed by atoms with Crippen LogP contribution in [-0.2, 0) is 19.2 Å². The first-order chi connectivity index (χ1) is 10.1. The number of carbonyl (C=O) groups excluding carboxylic acids is 2. The van der Waals surface area contributed by atoms with Crippen LogP contribution in [0.5, 0.6) is 0 Å². The Kier molecular flexibility index (Phi) is 5.51. The third-order valence-corrected chi connectivity index (χ3v) is 4.22. The molecule has 0 aromatic heterocycles. The fraction of sp³-hybridized carbons (Fsp3) is 0.714. The molecule has 8 nitrogen and oxygen atoms in total. The van der Waals surface area contributed by atoms with E-state index in [9.17, 15) is 19.2 Å². The number of aliphatic carboxylic acids is 2. The minimum atomic E-state index is -1.20. The van der Waals surface area contributed by atoms with Crippen molar-refractivity contribution < 1.29 is 29.4 Å². The molecule has 0 bridgehead atoms. The first-order valence-electron chi connectivity index (χ1n) is 7.18. The molecule has 2 aliphatic rings. The number of hydrogen-bond acceptors (Lipinski definition) is 4. The smallest absolute Gasteiger partial charge is 0.318 e. The van der Waals surface area contributed by atoms with Gasteiger partial charge in [-0.2, -0.15) is 0 Å². The van der Waals surface area contributed by atoms with Gasteiger partial charge in [0.25, 0.3) is 0 Å². The van der Waals surface area contributed by atoms with Crippen LogP contribution in [-0.4, -0.2) is 47.1 Å². The second kappa shape index (κ2) is 6.76. The SMILES string of the molecule is C[C@@]1(C(=O)O)CCCNC1=O.C[C@]1(C(=O)O)CCCNC1=O. The van der Waals surface area contributed by atoms with Gasteiger partial charge in [-0.25, -0.2) is 0 Å². The van der Waals surface area contributed by atoms with Crippen molar-refractivity contribution >= 4 is 23.8 Å². The largest absolute Gasteiger partial charge is 0.480 e. The molecule has 0 unspecified atom stereocenters. The summed E-state index contributed by atoms with van der Waals surface area (Å²) in [4.78, 5) is 43.4. The first-order valence-corrected chi connectivity index (χ1v) is 7.18. The van der Waals surface area contributed by atoms with Crippen molar-refractivity contribution in [3.05, 3.63) is 0 Å². The zero-order valence-corrected chi connectivity index (χ0v) is 12.8. The summed E-state index contributed by atoms with van der Waals surface area (Å²) in [7, 11) is 0. The van der Waals surface area contributed by atoms with E-state index in [0.717, 1.165) is 12.8 Å². The van der Waals surface area contributed by atoms with Gasteiger partial charge in [0.05, 0.1) is 0 Å². The molecule has 8 heteroatoms. The van der Waals surface area contributed by atoms with Crippen LogP contribution in [0.2, 0.25) is 0 Å². The Labute approximate surface area is 128 Å². The lowest BCUT2D eigenvalue weighted by molar-refractivity contribution is -0.158. The summed E-state index contributed by atoms with van der Waals surface area (Å²) in [6.07, 6.45) is 2.37. The highest BCUT2D eigenvalue weighted by Gasteiger charge is 2.43. The van der Waals surface area contributed by atoms with Gasteiger partial charge in [0.15, 0.2) is 0 Å². The molecule has 2 fully saturated rings. The normalized spacial score (nSPS) is 31.2. The average Bonchev–Trinajstić information content (AvgIpc) is 2.46. The van der Waals surface area contributed by atoms with E-state index in [4.69, 9.17) is 10.2 Å². The van der Waals surface area contributed by atoms with Gasteiger partial charge in [0.2, 0.25) is 11.8 Å². The predicted octanol–water partition coefficient (Wildman–Crippen LogP) is -0.0254. The maximum absolute atomic E-state index is 11.1. The van der Waals surface area contributed by atoms with E-state index in [1.807, 2.05) is 0 Å². The van der Waals surface area contributed by atoms with Gasteiger partial charge in [-0.15, -0.1) is 0 Å². The van der Waals surface area contributed by atoms with Crippen molar-refractivity contribution in [3.8, 4) is 0 Å². The summed E-state index contributed by atoms with van der Waals surface area (Å²) in [5, 5.41) is 22.5. The lowest BCUT2D eigenvalue weighted by Gasteiger charge is -2.27. The van der Waals surface area contributed by atoms with Gasteiger partial charge in [0, 0.05) is 13.1 Å². The molecule has 124 valence electrons. The van der Waals surface area contributed by atoms with Gasteiger partial charge in [-0.1, -0.05) is 0 Å².